The van der Waals surface area contributed by atoms with E-state index in [1.165, 1.54) is 28.8 Å². The van der Waals surface area contributed by atoms with Gasteiger partial charge in [0.2, 0.25) is 0 Å². The molecule has 138 valence electrons. The van der Waals surface area contributed by atoms with Crippen molar-refractivity contribution in [2.24, 2.45) is 0 Å². The molecule has 5 nitrogen and oxygen atoms in total. The van der Waals surface area contributed by atoms with E-state index < -0.39 is 11.7 Å². The summed E-state index contributed by atoms with van der Waals surface area (Å²) in [7, 11) is 0. The molecule has 0 aliphatic heterocycles. The third kappa shape index (κ3) is 3.40. The topological polar surface area (TPSA) is 64.0 Å². The number of halogens is 1. The lowest BCUT2D eigenvalue weighted by molar-refractivity contribution is 0.0942. The minimum atomic E-state index is -0.419. The van der Waals surface area contributed by atoms with Crippen LogP contribution in [0, 0.1) is 5.82 Å². The Morgan fingerprint density at radius 3 is 2.50 bits per heavy atom. The highest BCUT2D eigenvalue weighted by Crippen LogP contribution is 2.17. The summed E-state index contributed by atoms with van der Waals surface area (Å²) in [6, 6.07) is 19.6. The maximum Gasteiger partial charge on any atom is 0.268 e. The van der Waals surface area contributed by atoms with Crippen molar-refractivity contribution < 1.29 is 9.18 Å². The molecule has 0 atom stereocenters. The molecule has 0 unspecified atom stereocenters. The van der Waals surface area contributed by atoms with E-state index >= 15 is 0 Å². The molecule has 0 saturated heterocycles. The number of hydrogen-bond donors (Lipinski definition) is 1. The van der Waals surface area contributed by atoms with Gasteiger partial charge in [-0.3, -0.25) is 19.1 Å². The summed E-state index contributed by atoms with van der Waals surface area (Å²) in [4.78, 5) is 30.2. The number of carbonyl (C=O) groups is 1. The fourth-order valence-corrected chi connectivity index (χ4v) is 3.04. The van der Waals surface area contributed by atoms with Gasteiger partial charge in [0.1, 0.15) is 11.5 Å². The lowest BCUT2D eigenvalue weighted by Crippen LogP contribution is -2.31. The summed E-state index contributed by atoms with van der Waals surface area (Å²) in [5.74, 6) is -0.837. The van der Waals surface area contributed by atoms with Crippen LogP contribution in [0.25, 0.3) is 16.5 Å². The van der Waals surface area contributed by atoms with Crippen LogP contribution < -0.4 is 10.9 Å². The first-order valence-electron chi connectivity index (χ1n) is 8.72. The van der Waals surface area contributed by atoms with Crippen molar-refractivity contribution in [2.45, 2.75) is 6.54 Å². The molecule has 2 aromatic carbocycles. The Bertz CT molecular complexity index is 1200. The predicted molar refractivity (Wildman–Crippen MR) is 105 cm³/mol. The standard InChI is InChI=1S/C22H16FN3O2/c23-16-8-10-18(11-9-16)26-20(13-15-5-1-2-7-19(15)22(26)28)21(27)25-14-17-6-3-4-12-24-17/h1-13H,14H2,(H,25,27). The molecule has 0 aliphatic carbocycles. The first-order valence-corrected chi connectivity index (χ1v) is 8.72. The maximum atomic E-state index is 13.3. The Hall–Kier alpha value is -3.80. The number of carbonyl (C=O) groups excluding carboxylic acids is 1. The van der Waals surface area contributed by atoms with Crippen molar-refractivity contribution in [2.75, 3.05) is 0 Å². The Balaban J connectivity index is 1.81. The van der Waals surface area contributed by atoms with Crippen molar-refractivity contribution in [1.29, 1.82) is 0 Å². The molecule has 6 heteroatoms. The van der Waals surface area contributed by atoms with Crippen molar-refractivity contribution in [3.8, 4) is 5.69 Å². The summed E-state index contributed by atoms with van der Waals surface area (Å²) in [6.07, 6.45) is 1.64. The minimum Gasteiger partial charge on any atom is -0.345 e. The van der Waals surface area contributed by atoms with Gasteiger partial charge in [-0.15, -0.1) is 0 Å². The number of hydrogen-bond acceptors (Lipinski definition) is 3. The molecule has 0 aliphatic rings. The lowest BCUT2D eigenvalue weighted by Gasteiger charge is -2.14. The monoisotopic (exact) mass is 373 g/mol. The number of aromatic nitrogens is 2. The summed E-state index contributed by atoms with van der Waals surface area (Å²) >= 11 is 0. The Morgan fingerprint density at radius 2 is 1.75 bits per heavy atom. The molecule has 4 rings (SSSR count). The minimum absolute atomic E-state index is 0.172. The number of nitrogens with zero attached hydrogens (tertiary/aromatic N) is 2. The molecule has 0 spiro atoms. The summed E-state index contributed by atoms with van der Waals surface area (Å²) in [5.41, 5.74) is 0.950. The van der Waals surface area contributed by atoms with Crippen LogP contribution in [-0.4, -0.2) is 15.5 Å². The van der Waals surface area contributed by atoms with Crippen LogP contribution in [0.15, 0.2) is 83.8 Å². The van der Waals surface area contributed by atoms with Crippen molar-refractivity contribution in [1.82, 2.24) is 14.9 Å². The number of nitrogens with one attached hydrogen (secondary N) is 1. The number of pyridine rings is 2. The Morgan fingerprint density at radius 1 is 1.00 bits per heavy atom. The predicted octanol–water partition coefficient (Wildman–Crippen LogP) is 3.45. The highest BCUT2D eigenvalue weighted by molar-refractivity contribution is 5.97. The van der Waals surface area contributed by atoms with Gasteiger partial charge in [-0.25, -0.2) is 4.39 Å². The van der Waals surface area contributed by atoms with Crippen molar-refractivity contribution >= 4 is 16.7 Å². The third-order valence-electron chi connectivity index (χ3n) is 4.40. The second kappa shape index (κ2) is 7.44. The Kier molecular flexibility index (Phi) is 4.68. The van der Waals surface area contributed by atoms with E-state index in [1.54, 1.807) is 48.7 Å². The molecule has 0 saturated carbocycles. The summed E-state index contributed by atoms with van der Waals surface area (Å²) in [5, 5.41) is 3.93. The molecule has 0 bridgehead atoms. The maximum absolute atomic E-state index is 13.3. The summed E-state index contributed by atoms with van der Waals surface area (Å²) in [6.45, 7) is 0.226. The van der Waals surface area contributed by atoms with E-state index in [-0.39, 0.29) is 17.8 Å². The van der Waals surface area contributed by atoms with Crippen LogP contribution in [0.5, 0.6) is 0 Å². The van der Waals surface area contributed by atoms with Gasteiger partial charge in [0.25, 0.3) is 11.5 Å². The molecule has 1 amide bonds. The van der Waals surface area contributed by atoms with Gasteiger partial charge in [0, 0.05) is 17.3 Å². The Labute approximate surface area is 160 Å². The van der Waals surface area contributed by atoms with Crippen LogP contribution in [0.1, 0.15) is 16.2 Å². The largest absolute Gasteiger partial charge is 0.345 e. The lowest BCUT2D eigenvalue weighted by atomic mass is 10.1. The van der Waals surface area contributed by atoms with Crippen LogP contribution in [0.2, 0.25) is 0 Å². The number of amides is 1. The van der Waals surface area contributed by atoms with Crippen molar-refractivity contribution in [3.63, 3.8) is 0 Å². The molecule has 1 N–H and O–H groups in total. The van der Waals surface area contributed by atoms with E-state index in [4.69, 9.17) is 0 Å². The van der Waals surface area contributed by atoms with Gasteiger partial charge >= 0.3 is 0 Å². The van der Waals surface area contributed by atoms with Gasteiger partial charge < -0.3 is 5.32 Å². The molecule has 0 fully saturated rings. The molecular formula is C22H16FN3O2. The molecular weight excluding hydrogens is 357 g/mol. The van der Waals surface area contributed by atoms with E-state index in [1.807, 2.05) is 6.07 Å². The number of fused-ring (bicyclic) bond motifs is 1. The molecule has 28 heavy (non-hydrogen) atoms. The quantitative estimate of drug-likeness (QED) is 0.596. The fourth-order valence-electron chi connectivity index (χ4n) is 3.04. The highest BCUT2D eigenvalue weighted by Gasteiger charge is 2.17. The average molecular weight is 373 g/mol. The third-order valence-corrected chi connectivity index (χ3v) is 4.40. The molecule has 2 aromatic heterocycles. The first-order chi connectivity index (χ1) is 13.6. The fraction of sp³-hybridized carbons (Fsp3) is 0.0455. The van der Waals surface area contributed by atoms with Gasteiger partial charge in [0.15, 0.2) is 0 Å². The molecule has 0 radical (unpaired) electrons. The van der Waals surface area contributed by atoms with Crippen LogP contribution in [0.3, 0.4) is 0 Å². The van der Waals surface area contributed by atoms with Gasteiger partial charge in [0.05, 0.1) is 12.2 Å². The second-order valence-electron chi connectivity index (χ2n) is 6.24. The number of benzene rings is 2. The zero-order valence-electron chi connectivity index (χ0n) is 14.8. The number of rotatable bonds is 4. The van der Waals surface area contributed by atoms with E-state index in [0.29, 0.717) is 22.2 Å². The second-order valence-corrected chi connectivity index (χ2v) is 6.24. The van der Waals surface area contributed by atoms with Crippen LogP contribution in [0.4, 0.5) is 4.39 Å². The van der Waals surface area contributed by atoms with Gasteiger partial charge in [-0.05, 0) is 53.9 Å². The SMILES string of the molecule is O=C(NCc1ccccn1)c1cc2ccccc2c(=O)n1-c1ccc(F)cc1. The average Bonchev–Trinajstić information content (AvgIpc) is 2.73. The van der Waals surface area contributed by atoms with E-state index in [2.05, 4.69) is 10.3 Å². The van der Waals surface area contributed by atoms with E-state index in [9.17, 15) is 14.0 Å². The molecule has 2 heterocycles. The van der Waals surface area contributed by atoms with Crippen LogP contribution in [-0.2, 0) is 6.54 Å². The van der Waals surface area contributed by atoms with E-state index in [0.717, 1.165) is 0 Å². The molecule has 4 aromatic rings. The van der Waals surface area contributed by atoms with Crippen LogP contribution >= 0.6 is 0 Å². The summed E-state index contributed by atoms with van der Waals surface area (Å²) < 4.78 is 14.7. The first kappa shape index (κ1) is 17.6. The van der Waals surface area contributed by atoms with Crippen molar-refractivity contribution in [3.05, 3.63) is 107 Å². The zero-order chi connectivity index (χ0) is 19.5. The zero-order valence-corrected chi connectivity index (χ0v) is 14.8. The van der Waals surface area contributed by atoms with Gasteiger partial charge in [-0.1, -0.05) is 24.3 Å². The normalized spacial score (nSPS) is 10.8. The highest BCUT2D eigenvalue weighted by atomic mass is 19.1. The smallest absolute Gasteiger partial charge is 0.268 e. The van der Waals surface area contributed by atoms with Gasteiger partial charge in [-0.2, -0.15) is 0 Å².